The molecular formula is C21H21FN4O2S. The van der Waals surface area contributed by atoms with Crippen molar-refractivity contribution < 1.29 is 14.0 Å². The number of benzene rings is 2. The average Bonchev–Trinajstić information content (AvgIpc) is 2.74. The maximum Gasteiger partial charge on any atom is 0.255 e. The van der Waals surface area contributed by atoms with Crippen molar-refractivity contribution >= 4 is 29.3 Å². The van der Waals surface area contributed by atoms with Gasteiger partial charge in [0.1, 0.15) is 5.82 Å². The molecule has 1 fully saturated rings. The van der Waals surface area contributed by atoms with Gasteiger partial charge in [-0.1, -0.05) is 12.1 Å². The topological polar surface area (TPSA) is 76.4 Å². The number of piperazine rings is 1. The van der Waals surface area contributed by atoms with Gasteiger partial charge in [-0.05, 0) is 36.4 Å². The van der Waals surface area contributed by atoms with E-state index in [0.29, 0.717) is 43.2 Å². The predicted octanol–water partition coefficient (Wildman–Crippen LogP) is 2.84. The first kappa shape index (κ1) is 20.8. The normalized spacial score (nSPS) is 14.3. The summed E-state index contributed by atoms with van der Waals surface area (Å²) < 4.78 is 12.9. The Morgan fingerprint density at radius 1 is 1.07 bits per heavy atom. The molecule has 1 aliphatic rings. The molecule has 8 heteroatoms. The SMILES string of the molecule is N#CCSc1ccccc1C(=O)N1CCN(CC(=O)Nc2ccc(F)cc2)CC1. The van der Waals surface area contributed by atoms with Crippen LogP contribution in [-0.4, -0.2) is 60.1 Å². The van der Waals surface area contributed by atoms with E-state index in [1.807, 2.05) is 23.1 Å². The van der Waals surface area contributed by atoms with E-state index in [1.165, 1.54) is 36.0 Å². The highest BCUT2D eigenvalue weighted by atomic mass is 32.2. The number of hydrogen-bond acceptors (Lipinski definition) is 5. The second-order valence-electron chi connectivity index (χ2n) is 6.57. The highest BCUT2D eigenvalue weighted by Gasteiger charge is 2.24. The zero-order chi connectivity index (χ0) is 20.6. The van der Waals surface area contributed by atoms with E-state index in [-0.39, 0.29) is 24.2 Å². The van der Waals surface area contributed by atoms with Crippen LogP contribution in [0.25, 0.3) is 0 Å². The molecule has 0 spiro atoms. The Bertz CT molecular complexity index is 906. The number of nitrogens with one attached hydrogen (secondary N) is 1. The summed E-state index contributed by atoms with van der Waals surface area (Å²) in [5, 5.41) is 11.5. The van der Waals surface area contributed by atoms with Crippen molar-refractivity contribution in [3.8, 4) is 6.07 Å². The summed E-state index contributed by atoms with van der Waals surface area (Å²) in [5.41, 5.74) is 1.16. The van der Waals surface area contributed by atoms with Crippen LogP contribution in [-0.2, 0) is 4.79 Å². The third-order valence-electron chi connectivity index (χ3n) is 4.56. The number of nitriles is 1. The molecule has 2 amide bonds. The van der Waals surface area contributed by atoms with E-state index in [0.717, 1.165) is 4.90 Å². The first-order valence-corrected chi connectivity index (χ1v) is 10.2. The van der Waals surface area contributed by atoms with Gasteiger partial charge in [0.25, 0.3) is 5.91 Å². The predicted molar refractivity (Wildman–Crippen MR) is 110 cm³/mol. The fourth-order valence-electron chi connectivity index (χ4n) is 3.10. The second kappa shape index (κ2) is 10.0. The standard InChI is InChI=1S/C21H21FN4O2S/c22-16-5-7-17(8-6-16)24-20(27)15-25-10-12-26(13-11-25)21(28)18-3-1-2-4-19(18)29-14-9-23/h1-8H,10-15H2,(H,24,27). The molecule has 2 aromatic rings. The Balaban J connectivity index is 1.51. The molecule has 6 nitrogen and oxygen atoms in total. The van der Waals surface area contributed by atoms with Crippen molar-refractivity contribution in [1.82, 2.24) is 9.80 Å². The molecule has 1 heterocycles. The molecule has 0 bridgehead atoms. The molecule has 1 saturated heterocycles. The van der Waals surface area contributed by atoms with Gasteiger partial charge in [-0.3, -0.25) is 14.5 Å². The lowest BCUT2D eigenvalue weighted by Crippen LogP contribution is -2.50. The summed E-state index contributed by atoms with van der Waals surface area (Å²) in [7, 11) is 0. The number of carbonyl (C=O) groups is 2. The van der Waals surface area contributed by atoms with Gasteiger partial charge in [0.05, 0.1) is 23.9 Å². The van der Waals surface area contributed by atoms with Gasteiger partial charge in [-0.25, -0.2) is 4.39 Å². The van der Waals surface area contributed by atoms with Crippen molar-refractivity contribution in [3.05, 3.63) is 59.9 Å². The highest BCUT2D eigenvalue weighted by molar-refractivity contribution is 7.99. The van der Waals surface area contributed by atoms with Gasteiger partial charge in [-0.2, -0.15) is 5.26 Å². The Hall–Kier alpha value is -2.89. The molecule has 150 valence electrons. The lowest BCUT2D eigenvalue weighted by Gasteiger charge is -2.34. The molecule has 0 atom stereocenters. The van der Waals surface area contributed by atoms with E-state index in [2.05, 4.69) is 11.4 Å². The van der Waals surface area contributed by atoms with E-state index >= 15 is 0 Å². The van der Waals surface area contributed by atoms with Crippen LogP contribution >= 0.6 is 11.8 Å². The molecule has 1 N–H and O–H groups in total. The minimum atomic E-state index is -0.351. The van der Waals surface area contributed by atoms with Gasteiger partial charge >= 0.3 is 0 Å². The van der Waals surface area contributed by atoms with Gasteiger partial charge < -0.3 is 10.2 Å². The Labute approximate surface area is 173 Å². The van der Waals surface area contributed by atoms with Crippen molar-refractivity contribution in [2.75, 3.05) is 43.8 Å². The molecule has 3 rings (SSSR count). The fourth-order valence-corrected chi connectivity index (χ4v) is 3.80. The molecular weight excluding hydrogens is 391 g/mol. The summed E-state index contributed by atoms with van der Waals surface area (Å²) in [6, 6.07) is 15.0. The number of rotatable bonds is 6. The maximum atomic E-state index is 12.9. The number of halogens is 1. The summed E-state index contributed by atoms with van der Waals surface area (Å²) in [6.07, 6.45) is 0. The van der Waals surface area contributed by atoms with Crippen LogP contribution < -0.4 is 5.32 Å². The van der Waals surface area contributed by atoms with E-state index in [1.54, 1.807) is 11.0 Å². The maximum absolute atomic E-state index is 12.9. The van der Waals surface area contributed by atoms with Gasteiger partial charge in [0, 0.05) is 36.8 Å². The fraction of sp³-hybridized carbons (Fsp3) is 0.286. The Kier molecular flexibility index (Phi) is 7.22. The van der Waals surface area contributed by atoms with Crippen LogP contribution in [0.15, 0.2) is 53.4 Å². The number of carbonyl (C=O) groups excluding carboxylic acids is 2. The van der Waals surface area contributed by atoms with Crippen molar-refractivity contribution in [2.24, 2.45) is 0 Å². The minimum absolute atomic E-state index is 0.0542. The molecule has 0 unspecified atom stereocenters. The molecule has 1 aliphatic heterocycles. The van der Waals surface area contributed by atoms with E-state index < -0.39 is 0 Å². The quantitative estimate of drug-likeness (QED) is 0.739. The van der Waals surface area contributed by atoms with Gasteiger partial charge in [-0.15, -0.1) is 11.8 Å². The summed E-state index contributed by atoms with van der Waals surface area (Å²) in [5.74, 6) is -0.284. The van der Waals surface area contributed by atoms with Crippen molar-refractivity contribution in [1.29, 1.82) is 5.26 Å². The van der Waals surface area contributed by atoms with Crippen LogP contribution in [0.5, 0.6) is 0 Å². The first-order valence-electron chi connectivity index (χ1n) is 9.22. The molecule has 29 heavy (non-hydrogen) atoms. The number of thioether (sulfide) groups is 1. The van der Waals surface area contributed by atoms with E-state index in [4.69, 9.17) is 5.26 Å². The molecule has 0 saturated carbocycles. The smallest absolute Gasteiger partial charge is 0.255 e. The lowest BCUT2D eigenvalue weighted by molar-refractivity contribution is -0.117. The first-order chi connectivity index (χ1) is 14.1. The monoisotopic (exact) mass is 412 g/mol. The van der Waals surface area contributed by atoms with Crippen LogP contribution in [0.2, 0.25) is 0 Å². The Morgan fingerprint density at radius 2 is 1.76 bits per heavy atom. The number of hydrogen-bond donors (Lipinski definition) is 1. The summed E-state index contributed by atoms with van der Waals surface area (Å²) >= 11 is 1.35. The number of anilines is 1. The third kappa shape index (κ3) is 5.79. The van der Waals surface area contributed by atoms with Crippen LogP contribution in [0, 0.1) is 17.1 Å². The molecule has 0 aromatic heterocycles. The van der Waals surface area contributed by atoms with Crippen molar-refractivity contribution in [3.63, 3.8) is 0 Å². The van der Waals surface area contributed by atoms with Crippen LogP contribution in [0.4, 0.5) is 10.1 Å². The highest BCUT2D eigenvalue weighted by Crippen LogP contribution is 2.24. The minimum Gasteiger partial charge on any atom is -0.336 e. The van der Waals surface area contributed by atoms with Gasteiger partial charge in [0.15, 0.2) is 0 Å². The number of nitrogens with zero attached hydrogens (tertiary/aromatic N) is 3. The number of amides is 2. The summed E-state index contributed by atoms with van der Waals surface area (Å²) in [6.45, 7) is 2.46. The van der Waals surface area contributed by atoms with Crippen LogP contribution in [0.1, 0.15) is 10.4 Å². The zero-order valence-corrected chi connectivity index (χ0v) is 16.6. The van der Waals surface area contributed by atoms with Gasteiger partial charge in [0.2, 0.25) is 5.91 Å². The zero-order valence-electron chi connectivity index (χ0n) is 15.8. The van der Waals surface area contributed by atoms with Crippen LogP contribution in [0.3, 0.4) is 0 Å². The summed E-state index contributed by atoms with van der Waals surface area (Å²) in [4.78, 5) is 29.6. The second-order valence-corrected chi connectivity index (χ2v) is 7.58. The Morgan fingerprint density at radius 3 is 2.45 bits per heavy atom. The van der Waals surface area contributed by atoms with E-state index in [9.17, 15) is 14.0 Å². The average molecular weight is 412 g/mol. The molecule has 0 radical (unpaired) electrons. The lowest BCUT2D eigenvalue weighted by atomic mass is 10.2. The third-order valence-corrected chi connectivity index (χ3v) is 5.50. The largest absolute Gasteiger partial charge is 0.336 e. The van der Waals surface area contributed by atoms with Crippen molar-refractivity contribution in [2.45, 2.75) is 4.90 Å². The molecule has 2 aromatic carbocycles. The molecule has 0 aliphatic carbocycles.